The zero-order valence-corrected chi connectivity index (χ0v) is 7.19. The number of aliphatic carboxylic acids is 1. The van der Waals surface area contributed by atoms with E-state index in [1.165, 1.54) is 19.1 Å². The quantitative estimate of drug-likeness (QED) is 0.557. The van der Waals surface area contributed by atoms with Gasteiger partial charge in [-0.15, -0.1) is 0 Å². The van der Waals surface area contributed by atoms with Gasteiger partial charge in [0.15, 0.2) is 0 Å². The predicted molar refractivity (Wildman–Crippen MR) is 57.9 cm³/mol. The molecule has 3 nitrogen and oxygen atoms in total. The van der Waals surface area contributed by atoms with E-state index in [0.717, 1.165) is 5.56 Å². The normalized spacial score (nSPS) is 10.5. The maximum atomic E-state index is 10.5. The van der Waals surface area contributed by atoms with E-state index in [4.69, 9.17) is 10.2 Å². The molecule has 0 heterocycles. The number of hydrogen-bond donors (Lipinski definition) is 2. The standard InChI is InChI=1S/C10H10O3.Mg.2H/c1-7(10(12)13)6-8-2-4-9(11)5-3-8;;;/h2-6,11H,1H3,(H,12,13);;;. The second kappa shape index (κ2) is 5.67. The Labute approximate surface area is 98.2 Å². The molecule has 0 aromatic heterocycles. The molecule has 0 saturated heterocycles. The van der Waals surface area contributed by atoms with E-state index >= 15 is 0 Å². The van der Waals surface area contributed by atoms with Crippen molar-refractivity contribution in [3.05, 3.63) is 35.4 Å². The summed E-state index contributed by atoms with van der Waals surface area (Å²) in [7, 11) is 0. The maximum Gasteiger partial charge on any atom is 0.331 e. The fourth-order valence-electron chi connectivity index (χ4n) is 0.882. The number of hydrogen-bond acceptors (Lipinski definition) is 2. The van der Waals surface area contributed by atoms with Crippen LogP contribution in [0.2, 0.25) is 0 Å². The average Bonchev–Trinajstić information content (AvgIpc) is 2.08. The summed E-state index contributed by atoms with van der Waals surface area (Å²) in [5, 5.41) is 17.5. The van der Waals surface area contributed by atoms with Gasteiger partial charge in [-0.3, -0.25) is 0 Å². The first-order valence-electron chi connectivity index (χ1n) is 3.80. The van der Waals surface area contributed by atoms with Crippen molar-refractivity contribution in [1.82, 2.24) is 0 Å². The molecule has 0 radical (unpaired) electrons. The third-order valence-corrected chi connectivity index (χ3v) is 1.61. The summed E-state index contributed by atoms with van der Waals surface area (Å²) in [5.74, 6) is -0.766. The van der Waals surface area contributed by atoms with Crippen LogP contribution >= 0.6 is 0 Å². The Morgan fingerprint density at radius 1 is 1.29 bits per heavy atom. The third-order valence-electron chi connectivity index (χ3n) is 1.61. The highest BCUT2D eigenvalue weighted by Gasteiger charge is 1.99. The van der Waals surface area contributed by atoms with Crippen LogP contribution in [0.3, 0.4) is 0 Å². The summed E-state index contributed by atoms with van der Waals surface area (Å²) in [5.41, 5.74) is 1.03. The van der Waals surface area contributed by atoms with E-state index in [1.54, 1.807) is 18.2 Å². The number of carboxylic acids is 1. The third kappa shape index (κ3) is 3.80. The van der Waals surface area contributed by atoms with Crippen LogP contribution in [0.25, 0.3) is 6.08 Å². The predicted octanol–water partition coefficient (Wildman–Crippen LogP) is 0.964. The van der Waals surface area contributed by atoms with Crippen LogP contribution in [0.1, 0.15) is 12.5 Å². The van der Waals surface area contributed by atoms with Gasteiger partial charge in [0.2, 0.25) is 0 Å². The van der Waals surface area contributed by atoms with Gasteiger partial charge in [-0.05, 0) is 30.7 Å². The molecule has 4 heteroatoms. The lowest BCUT2D eigenvalue weighted by Crippen LogP contribution is -1.95. The summed E-state index contributed by atoms with van der Waals surface area (Å²) in [6, 6.07) is 6.34. The first kappa shape index (κ1) is 13.0. The van der Waals surface area contributed by atoms with Crippen molar-refractivity contribution in [3.63, 3.8) is 0 Å². The average molecular weight is 205 g/mol. The molecule has 1 rings (SSSR count). The topological polar surface area (TPSA) is 57.5 Å². The Bertz CT molecular complexity index is 341. The Balaban J connectivity index is 0.00000169. The molecule has 0 atom stereocenters. The van der Waals surface area contributed by atoms with Crippen LogP contribution in [0.4, 0.5) is 0 Å². The van der Waals surface area contributed by atoms with Gasteiger partial charge in [-0.25, -0.2) is 4.79 Å². The van der Waals surface area contributed by atoms with Gasteiger partial charge >= 0.3 is 29.0 Å². The lowest BCUT2D eigenvalue weighted by Gasteiger charge is -1.95. The molecule has 0 fully saturated rings. The monoisotopic (exact) mass is 204 g/mol. The van der Waals surface area contributed by atoms with Gasteiger partial charge in [0.05, 0.1) is 0 Å². The first-order valence-corrected chi connectivity index (χ1v) is 3.80. The number of phenols is 1. The molecular formula is C10H12MgO3. The fourth-order valence-corrected chi connectivity index (χ4v) is 0.882. The number of phenolic OH excluding ortho intramolecular Hbond substituents is 1. The van der Waals surface area contributed by atoms with Crippen LogP contribution in [0, 0.1) is 0 Å². The number of carboxylic acid groups (broad SMARTS) is 1. The molecule has 2 N–H and O–H groups in total. The zero-order chi connectivity index (χ0) is 9.84. The number of benzene rings is 1. The lowest BCUT2D eigenvalue weighted by molar-refractivity contribution is -0.132. The maximum absolute atomic E-state index is 10.5. The van der Waals surface area contributed by atoms with Gasteiger partial charge < -0.3 is 10.2 Å². The molecule has 0 saturated carbocycles. The minimum absolute atomic E-state index is 0. The van der Waals surface area contributed by atoms with Crippen molar-refractivity contribution in [1.29, 1.82) is 0 Å². The summed E-state index contributed by atoms with van der Waals surface area (Å²) < 4.78 is 0. The van der Waals surface area contributed by atoms with Gasteiger partial charge in [-0.1, -0.05) is 12.1 Å². The smallest absolute Gasteiger partial charge is 0.331 e. The Kier molecular flexibility index (Phi) is 5.26. The van der Waals surface area contributed by atoms with Gasteiger partial charge in [0, 0.05) is 5.57 Å². The lowest BCUT2D eigenvalue weighted by atomic mass is 10.1. The molecule has 1 aromatic rings. The van der Waals surface area contributed by atoms with Gasteiger partial charge in [0.1, 0.15) is 5.75 Å². The van der Waals surface area contributed by atoms with Crippen molar-refractivity contribution in [2.75, 3.05) is 0 Å². The van der Waals surface area contributed by atoms with Crippen molar-refractivity contribution < 1.29 is 15.0 Å². The largest absolute Gasteiger partial charge is 0.508 e. The van der Waals surface area contributed by atoms with E-state index < -0.39 is 5.97 Å². The molecule has 0 aliphatic heterocycles. The van der Waals surface area contributed by atoms with Crippen LogP contribution in [-0.2, 0) is 4.79 Å². The highest BCUT2D eigenvalue weighted by molar-refractivity contribution is 5.91. The molecule has 0 spiro atoms. The van der Waals surface area contributed by atoms with Crippen LogP contribution in [0.5, 0.6) is 5.75 Å². The molecule has 0 unspecified atom stereocenters. The second-order valence-electron chi connectivity index (χ2n) is 2.72. The van der Waals surface area contributed by atoms with Crippen molar-refractivity contribution in [2.24, 2.45) is 0 Å². The summed E-state index contributed by atoms with van der Waals surface area (Å²) in [6.45, 7) is 1.52. The van der Waals surface area contributed by atoms with Crippen LogP contribution in [-0.4, -0.2) is 39.2 Å². The van der Waals surface area contributed by atoms with Crippen LogP contribution in [0.15, 0.2) is 29.8 Å². The van der Waals surface area contributed by atoms with Crippen molar-refractivity contribution in [2.45, 2.75) is 6.92 Å². The minimum Gasteiger partial charge on any atom is -0.508 e. The number of carbonyl (C=O) groups is 1. The zero-order valence-electron chi connectivity index (χ0n) is 7.19. The highest BCUT2D eigenvalue weighted by Crippen LogP contribution is 2.12. The summed E-state index contributed by atoms with van der Waals surface area (Å²) in [4.78, 5) is 10.5. The van der Waals surface area contributed by atoms with Crippen molar-refractivity contribution in [3.8, 4) is 5.75 Å². The molecule has 0 aliphatic rings. The van der Waals surface area contributed by atoms with E-state index in [2.05, 4.69) is 0 Å². The molecule has 0 amide bonds. The molecular weight excluding hydrogens is 192 g/mol. The Morgan fingerprint density at radius 3 is 2.21 bits per heavy atom. The first-order chi connectivity index (χ1) is 6.09. The number of rotatable bonds is 2. The second-order valence-corrected chi connectivity index (χ2v) is 2.72. The van der Waals surface area contributed by atoms with Gasteiger partial charge in [-0.2, -0.15) is 0 Å². The van der Waals surface area contributed by atoms with E-state index in [1.807, 2.05) is 0 Å². The van der Waals surface area contributed by atoms with E-state index in [0.29, 0.717) is 0 Å². The molecule has 1 aromatic carbocycles. The summed E-state index contributed by atoms with van der Waals surface area (Å²) in [6.07, 6.45) is 1.54. The van der Waals surface area contributed by atoms with Crippen LogP contribution < -0.4 is 0 Å². The van der Waals surface area contributed by atoms with E-state index in [-0.39, 0.29) is 34.4 Å². The Morgan fingerprint density at radius 2 is 1.79 bits per heavy atom. The molecule has 0 bridgehead atoms. The highest BCUT2D eigenvalue weighted by atomic mass is 24.3. The molecule has 0 aliphatic carbocycles. The fraction of sp³-hybridized carbons (Fsp3) is 0.100. The van der Waals surface area contributed by atoms with E-state index in [9.17, 15) is 4.79 Å². The number of aromatic hydroxyl groups is 1. The van der Waals surface area contributed by atoms with Crippen molar-refractivity contribution >= 4 is 35.1 Å². The SMILES string of the molecule is CC(=Cc1ccc(O)cc1)C(=O)O.[MgH2]. The Hall–Kier alpha value is -1.00. The minimum atomic E-state index is -0.937. The molecule has 14 heavy (non-hydrogen) atoms. The molecule has 72 valence electrons. The van der Waals surface area contributed by atoms with Gasteiger partial charge in [0.25, 0.3) is 0 Å². The summed E-state index contributed by atoms with van der Waals surface area (Å²) >= 11 is 0.